The van der Waals surface area contributed by atoms with E-state index in [2.05, 4.69) is 0 Å². The van der Waals surface area contributed by atoms with Gasteiger partial charge in [0.1, 0.15) is 18.1 Å². The highest BCUT2D eigenvalue weighted by Gasteiger charge is 2.04. The van der Waals surface area contributed by atoms with Crippen LogP contribution in [0.4, 0.5) is 0 Å². The molecular formula is C15H17Cl2NO2. The smallest absolute Gasteiger partial charge is 0.124 e. The zero-order valence-electron chi connectivity index (χ0n) is 11.1. The first-order valence-corrected chi connectivity index (χ1v) is 6.35. The summed E-state index contributed by atoms with van der Waals surface area (Å²) >= 11 is 5.92. The molecule has 2 rings (SSSR count). The predicted molar refractivity (Wildman–Crippen MR) is 83.9 cm³/mol. The summed E-state index contributed by atoms with van der Waals surface area (Å²) in [5.74, 6) is 1.57. The van der Waals surface area contributed by atoms with Crippen molar-refractivity contribution in [3.63, 3.8) is 0 Å². The van der Waals surface area contributed by atoms with Gasteiger partial charge in [-0.3, -0.25) is 0 Å². The van der Waals surface area contributed by atoms with Gasteiger partial charge in [0.15, 0.2) is 0 Å². The monoisotopic (exact) mass is 313 g/mol. The average Bonchev–Trinajstić information content (AvgIpc) is 2.46. The van der Waals surface area contributed by atoms with Crippen molar-refractivity contribution in [1.29, 1.82) is 0 Å². The minimum Gasteiger partial charge on any atom is -0.497 e. The first kappa shape index (κ1) is 16.6. The predicted octanol–water partition coefficient (Wildman–Crippen LogP) is 3.81. The summed E-state index contributed by atoms with van der Waals surface area (Å²) in [6.45, 7) is 0.861. The van der Waals surface area contributed by atoms with E-state index in [1.54, 1.807) is 13.2 Å². The highest BCUT2D eigenvalue weighted by Crippen LogP contribution is 2.24. The molecule has 2 aromatic carbocycles. The summed E-state index contributed by atoms with van der Waals surface area (Å²) in [5.41, 5.74) is 7.61. The van der Waals surface area contributed by atoms with E-state index in [1.807, 2.05) is 36.4 Å². The van der Waals surface area contributed by atoms with E-state index >= 15 is 0 Å². The molecule has 0 saturated carbocycles. The van der Waals surface area contributed by atoms with E-state index in [0.717, 1.165) is 22.6 Å². The molecule has 0 aliphatic heterocycles. The number of rotatable bonds is 5. The first-order valence-electron chi connectivity index (χ1n) is 5.97. The van der Waals surface area contributed by atoms with Gasteiger partial charge in [-0.2, -0.15) is 0 Å². The largest absolute Gasteiger partial charge is 0.497 e. The average molecular weight is 314 g/mol. The molecule has 20 heavy (non-hydrogen) atoms. The van der Waals surface area contributed by atoms with E-state index in [9.17, 15) is 0 Å². The summed E-state index contributed by atoms with van der Waals surface area (Å²) in [6, 6.07) is 13.2. The first-order chi connectivity index (χ1) is 9.22. The number of hydrogen-bond donors (Lipinski definition) is 1. The Labute approximate surface area is 130 Å². The van der Waals surface area contributed by atoms with Crippen molar-refractivity contribution in [3.8, 4) is 11.5 Å². The van der Waals surface area contributed by atoms with E-state index in [-0.39, 0.29) is 12.4 Å². The normalized spacial score (nSPS) is 9.75. The maximum absolute atomic E-state index is 5.92. The number of halogens is 2. The molecule has 5 heteroatoms. The third-order valence-corrected chi connectivity index (χ3v) is 3.01. The van der Waals surface area contributed by atoms with Crippen molar-refractivity contribution >= 4 is 24.0 Å². The Morgan fingerprint density at radius 2 is 1.95 bits per heavy atom. The summed E-state index contributed by atoms with van der Waals surface area (Å²) < 4.78 is 10.9. The van der Waals surface area contributed by atoms with Gasteiger partial charge >= 0.3 is 0 Å². The van der Waals surface area contributed by atoms with Crippen LogP contribution in [0.25, 0.3) is 0 Å². The van der Waals surface area contributed by atoms with E-state index in [1.165, 1.54) is 0 Å². The van der Waals surface area contributed by atoms with Gasteiger partial charge in [-0.25, -0.2) is 0 Å². The van der Waals surface area contributed by atoms with E-state index in [0.29, 0.717) is 18.2 Å². The molecule has 0 fully saturated rings. The lowest BCUT2D eigenvalue weighted by Crippen LogP contribution is -2.02. The fourth-order valence-corrected chi connectivity index (χ4v) is 1.97. The molecule has 0 aliphatic rings. The molecule has 0 bridgehead atoms. The van der Waals surface area contributed by atoms with Crippen molar-refractivity contribution < 1.29 is 9.47 Å². The topological polar surface area (TPSA) is 44.5 Å². The summed E-state index contributed by atoms with van der Waals surface area (Å²) in [5, 5.41) is 0.661. The molecule has 0 amide bonds. The summed E-state index contributed by atoms with van der Waals surface area (Å²) in [4.78, 5) is 0. The van der Waals surface area contributed by atoms with Crippen LogP contribution in [-0.2, 0) is 13.2 Å². The Morgan fingerprint density at radius 3 is 2.65 bits per heavy atom. The Balaban J connectivity index is 0.00000200. The van der Waals surface area contributed by atoms with Crippen molar-refractivity contribution in [2.75, 3.05) is 7.11 Å². The molecule has 0 heterocycles. The van der Waals surface area contributed by atoms with Crippen LogP contribution >= 0.6 is 24.0 Å². The third-order valence-electron chi connectivity index (χ3n) is 2.77. The third kappa shape index (κ3) is 4.30. The Kier molecular flexibility index (Phi) is 6.65. The summed E-state index contributed by atoms with van der Waals surface area (Å²) in [7, 11) is 1.64. The van der Waals surface area contributed by atoms with Crippen LogP contribution < -0.4 is 15.2 Å². The second-order valence-corrected chi connectivity index (χ2v) is 4.53. The van der Waals surface area contributed by atoms with Gasteiger partial charge in [-0.1, -0.05) is 23.7 Å². The Hall–Kier alpha value is -1.42. The Morgan fingerprint density at radius 1 is 1.15 bits per heavy atom. The number of ether oxygens (including phenoxy) is 2. The summed E-state index contributed by atoms with van der Waals surface area (Å²) in [6.07, 6.45) is 0. The van der Waals surface area contributed by atoms with Crippen LogP contribution in [0.15, 0.2) is 42.5 Å². The Bertz CT molecular complexity index is 561. The molecule has 0 aromatic heterocycles. The van der Waals surface area contributed by atoms with E-state index < -0.39 is 0 Å². The van der Waals surface area contributed by atoms with Crippen molar-refractivity contribution in [3.05, 3.63) is 58.6 Å². The van der Waals surface area contributed by atoms with Gasteiger partial charge in [0, 0.05) is 17.1 Å². The lowest BCUT2D eigenvalue weighted by molar-refractivity contribution is 0.302. The van der Waals surface area contributed by atoms with Crippen LogP contribution in [-0.4, -0.2) is 7.11 Å². The maximum atomic E-state index is 5.92. The molecule has 0 unspecified atom stereocenters. The van der Waals surface area contributed by atoms with Gasteiger partial charge in [0.25, 0.3) is 0 Å². The molecule has 2 aromatic rings. The second kappa shape index (κ2) is 8.00. The molecule has 2 N–H and O–H groups in total. The van der Waals surface area contributed by atoms with Crippen molar-refractivity contribution in [2.45, 2.75) is 13.2 Å². The zero-order chi connectivity index (χ0) is 13.7. The van der Waals surface area contributed by atoms with Crippen LogP contribution in [0.2, 0.25) is 5.02 Å². The van der Waals surface area contributed by atoms with Gasteiger partial charge in [0.05, 0.1) is 7.11 Å². The van der Waals surface area contributed by atoms with E-state index in [4.69, 9.17) is 26.8 Å². The highest BCUT2D eigenvalue weighted by molar-refractivity contribution is 6.30. The second-order valence-electron chi connectivity index (χ2n) is 4.10. The maximum Gasteiger partial charge on any atom is 0.124 e. The number of nitrogens with two attached hydrogens (primary N) is 1. The fourth-order valence-electron chi connectivity index (χ4n) is 1.77. The van der Waals surface area contributed by atoms with Crippen LogP contribution in [0, 0.1) is 0 Å². The van der Waals surface area contributed by atoms with Crippen LogP contribution in [0.3, 0.4) is 0 Å². The van der Waals surface area contributed by atoms with Gasteiger partial charge < -0.3 is 15.2 Å². The highest BCUT2D eigenvalue weighted by atomic mass is 35.5. The van der Waals surface area contributed by atoms with Gasteiger partial charge in [0.2, 0.25) is 0 Å². The fraction of sp³-hybridized carbons (Fsp3) is 0.200. The number of hydrogen-bond acceptors (Lipinski definition) is 3. The molecular weight excluding hydrogens is 297 g/mol. The van der Waals surface area contributed by atoms with Crippen molar-refractivity contribution in [2.24, 2.45) is 5.73 Å². The molecule has 0 radical (unpaired) electrons. The van der Waals surface area contributed by atoms with Crippen LogP contribution in [0.1, 0.15) is 11.1 Å². The standard InChI is InChI=1S/C15H16ClNO2.ClH/c1-18-14-4-2-3-11(7-14)10-19-15-6-5-13(16)8-12(15)9-17;/h2-8H,9-10,17H2,1H3;1H. The molecule has 0 spiro atoms. The SMILES string of the molecule is COc1cccc(COc2ccc(Cl)cc2CN)c1.Cl. The number of methoxy groups -OCH3 is 1. The lowest BCUT2D eigenvalue weighted by Gasteiger charge is -2.11. The zero-order valence-corrected chi connectivity index (χ0v) is 12.7. The molecule has 0 atom stereocenters. The molecule has 108 valence electrons. The molecule has 3 nitrogen and oxygen atoms in total. The minimum absolute atomic E-state index is 0. The van der Waals surface area contributed by atoms with Gasteiger partial charge in [-0.15, -0.1) is 12.4 Å². The lowest BCUT2D eigenvalue weighted by atomic mass is 10.2. The molecule has 0 saturated heterocycles. The van der Waals surface area contributed by atoms with Crippen molar-refractivity contribution in [1.82, 2.24) is 0 Å². The van der Waals surface area contributed by atoms with Crippen LogP contribution in [0.5, 0.6) is 11.5 Å². The number of benzene rings is 2. The quantitative estimate of drug-likeness (QED) is 0.913. The molecule has 0 aliphatic carbocycles. The van der Waals surface area contributed by atoms with Gasteiger partial charge in [-0.05, 0) is 35.9 Å². The minimum atomic E-state index is 0.